The van der Waals surface area contributed by atoms with Gasteiger partial charge in [-0.3, -0.25) is 0 Å². The number of halogens is 2. The second-order valence-electron chi connectivity index (χ2n) is 4.61. The number of hydrogen-bond donors (Lipinski definition) is 1. The lowest BCUT2D eigenvalue weighted by atomic mass is 10.1. The van der Waals surface area contributed by atoms with Gasteiger partial charge in [0.1, 0.15) is 11.9 Å². The summed E-state index contributed by atoms with van der Waals surface area (Å²) in [4.78, 5) is 0. The van der Waals surface area contributed by atoms with E-state index in [0.717, 1.165) is 0 Å². The molecule has 1 rings (SSSR count). The van der Waals surface area contributed by atoms with E-state index in [1.807, 2.05) is 20.8 Å². The van der Waals surface area contributed by atoms with Crippen LogP contribution in [0, 0.1) is 5.82 Å². The smallest absolute Gasteiger partial charge is 0.130 e. The molecule has 0 aliphatic heterocycles. The van der Waals surface area contributed by atoms with E-state index in [0.29, 0.717) is 5.02 Å². The fraction of sp³-hybridized carbons (Fsp3) is 0.500. The van der Waals surface area contributed by atoms with Crippen molar-refractivity contribution in [2.75, 3.05) is 6.61 Å². The predicted octanol–water partition coefficient (Wildman–Crippen LogP) is 3.33. The Bertz CT molecular complexity index is 361. The molecule has 90 valence electrons. The summed E-state index contributed by atoms with van der Waals surface area (Å²) >= 11 is 5.62. The number of aliphatic hydroxyl groups excluding tert-OH is 1. The van der Waals surface area contributed by atoms with Crippen LogP contribution in [0.5, 0.6) is 0 Å². The maximum Gasteiger partial charge on any atom is 0.130 e. The van der Waals surface area contributed by atoms with Crippen LogP contribution in [0.1, 0.15) is 32.4 Å². The van der Waals surface area contributed by atoms with Crippen molar-refractivity contribution in [3.8, 4) is 0 Å². The zero-order valence-corrected chi connectivity index (χ0v) is 10.4. The Balaban J connectivity index is 2.70. The second-order valence-corrected chi connectivity index (χ2v) is 5.04. The molecule has 4 heteroatoms. The van der Waals surface area contributed by atoms with Crippen molar-refractivity contribution in [3.05, 3.63) is 34.6 Å². The van der Waals surface area contributed by atoms with Crippen LogP contribution in [-0.4, -0.2) is 17.3 Å². The molecule has 0 fully saturated rings. The Labute approximate surface area is 100.0 Å². The molecule has 16 heavy (non-hydrogen) atoms. The van der Waals surface area contributed by atoms with Gasteiger partial charge in [0.25, 0.3) is 0 Å². The molecule has 1 aromatic rings. The topological polar surface area (TPSA) is 29.5 Å². The summed E-state index contributed by atoms with van der Waals surface area (Å²) in [7, 11) is 0. The molecular formula is C12H16ClFO2. The van der Waals surface area contributed by atoms with Crippen LogP contribution >= 0.6 is 11.6 Å². The summed E-state index contributed by atoms with van der Waals surface area (Å²) in [5.41, 5.74) is -0.155. The van der Waals surface area contributed by atoms with E-state index in [2.05, 4.69) is 0 Å². The van der Waals surface area contributed by atoms with E-state index in [-0.39, 0.29) is 17.8 Å². The molecule has 0 aliphatic carbocycles. The van der Waals surface area contributed by atoms with E-state index < -0.39 is 11.9 Å². The molecule has 0 amide bonds. The normalized spacial score (nSPS) is 13.9. The fourth-order valence-corrected chi connectivity index (χ4v) is 1.35. The molecule has 2 nitrogen and oxygen atoms in total. The Hall–Kier alpha value is -0.640. The highest BCUT2D eigenvalue weighted by Gasteiger charge is 2.17. The Kier molecular flexibility index (Phi) is 4.30. The molecule has 1 unspecified atom stereocenters. The molecule has 0 saturated heterocycles. The number of ether oxygens (including phenoxy) is 1. The van der Waals surface area contributed by atoms with E-state index in [4.69, 9.17) is 16.3 Å². The molecule has 0 radical (unpaired) electrons. The minimum atomic E-state index is -0.975. The summed E-state index contributed by atoms with van der Waals surface area (Å²) < 4.78 is 18.8. The molecule has 0 aliphatic rings. The third-order valence-electron chi connectivity index (χ3n) is 2.00. The van der Waals surface area contributed by atoms with E-state index >= 15 is 0 Å². The third-order valence-corrected chi connectivity index (χ3v) is 2.23. The van der Waals surface area contributed by atoms with Gasteiger partial charge in [0.2, 0.25) is 0 Å². The van der Waals surface area contributed by atoms with Crippen LogP contribution in [0.4, 0.5) is 4.39 Å². The van der Waals surface area contributed by atoms with Crippen molar-refractivity contribution in [2.24, 2.45) is 0 Å². The zero-order valence-electron chi connectivity index (χ0n) is 9.63. The Morgan fingerprint density at radius 1 is 1.44 bits per heavy atom. The quantitative estimate of drug-likeness (QED) is 0.887. The highest BCUT2D eigenvalue weighted by molar-refractivity contribution is 6.30. The predicted molar refractivity (Wildman–Crippen MR) is 62.1 cm³/mol. The van der Waals surface area contributed by atoms with Gasteiger partial charge < -0.3 is 9.84 Å². The average Bonchev–Trinajstić information content (AvgIpc) is 2.13. The zero-order chi connectivity index (χ0) is 12.3. The van der Waals surface area contributed by atoms with E-state index in [9.17, 15) is 9.50 Å². The SMILES string of the molecule is CC(C)(C)OCC(O)c1ccc(Cl)cc1F. The van der Waals surface area contributed by atoms with Gasteiger partial charge in [-0.15, -0.1) is 0 Å². The first-order valence-electron chi connectivity index (χ1n) is 5.06. The van der Waals surface area contributed by atoms with Gasteiger partial charge in [-0.1, -0.05) is 17.7 Å². The van der Waals surface area contributed by atoms with Crippen LogP contribution in [0.2, 0.25) is 5.02 Å². The molecule has 0 spiro atoms. The van der Waals surface area contributed by atoms with Gasteiger partial charge in [0, 0.05) is 10.6 Å². The summed E-state index contributed by atoms with van der Waals surface area (Å²) in [5.74, 6) is -0.516. The van der Waals surface area contributed by atoms with Crippen molar-refractivity contribution in [1.29, 1.82) is 0 Å². The lowest BCUT2D eigenvalue weighted by Gasteiger charge is -2.22. The van der Waals surface area contributed by atoms with Crippen LogP contribution in [-0.2, 0) is 4.74 Å². The van der Waals surface area contributed by atoms with Gasteiger partial charge >= 0.3 is 0 Å². The third kappa shape index (κ3) is 4.08. The maximum absolute atomic E-state index is 13.4. The molecule has 0 saturated carbocycles. The van der Waals surface area contributed by atoms with Crippen LogP contribution in [0.3, 0.4) is 0 Å². The van der Waals surface area contributed by atoms with Crippen LogP contribution < -0.4 is 0 Å². The lowest BCUT2D eigenvalue weighted by Crippen LogP contribution is -2.23. The summed E-state index contributed by atoms with van der Waals surface area (Å²) in [6, 6.07) is 4.19. The Morgan fingerprint density at radius 2 is 2.06 bits per heavy atom. The van der Waals surface area contributed by atoms with Gasteiger partial charge in [-0.05, 0) is 32.9 Å². The summed E-state index contributed by atoms with van der Waals surface area (Å²) in [5, 5.41) is 10.1. The first kappa shape index (κ1) is 13.4. The summed E-state index contributed by atoms with van der Waals surface area (Å²) in [6.45, 7) is 5.68. The minimum absolute atomic E-state index is 0.0576. The highest BCUT2D eigenvalue weighted by Crippen LogP contribution is 2.22. The second kappa shape index (κ2) is 5.13. The minimum Gasteiger partial charge on any atom is -0.386 e. The number of aliphatic hydroxyl groups is 1. The number of benzene rings is 1. The first-order chi connectivity index (χ1) is 7.29. The molecular weight excluding hydrogens is 231 g/mol. The molecule has 0 aromatic heterocycles. The van der Waals surface area contributed by atoms with Crippen molar-refractivity contribution in [1.82, 2.24) is 0 Å². The molecule has 0 bridgehead atoms. The van der Waals surface area contributed by atoms with Crippen molar-refractivity contribution in [2.45, 2.75) is 32.5 Å². The number of rotatable bonds is 3. The van der Waals surface area contributed by atoms with E-state index in [1.165, 1.54) is 12.1 Å². The van der Waals surface area contributed by atoms with E-state index in [1.54, 1.807) is 6.07 Å². The maximum atomic E-state index is 13.4. The molecule has 0 heterocycles. The number of hydrogen-bond acceptors (Lipinski definition) is 2. The van der Waals surface area contributed by atoms with Crippen LogP contribution in [0.15, 0.2) is 18.2 Å². The van der Waals surface area contributed by atoms with Gasteiger partial charge in [0.15, 0.2) is 0 Å². The lowest BCUT2D eigenvalue weighted by molar-refractivity contribution is -0.0504. The van der Waals surface area contributed by atoms with Crippen molar-refractivity contribution < 1.29 is 14.2 Å². The van der Waals surface area contributed by atoms with Crippen molar-refractivity contribution >= 4 is 11.6 Å². The summed E-state index contributed by atoms with van der Waals surface area (Å²) in [6.07, 6.45) is -0.975. The molecule has 1 N–H and O–H groups in total. The van der Waals surface area contributed by atoms with Crippen LogP contribution in [0.25, 0.3) is 0 Å². The average molecular weight is 247 g/mol. The standard InChI is InChI=1S/C12H16ClFO2/c1-12(2,3)16-7-11(15)9-5-4-8(13)6-10(9)14/h4-6,11,15H,7H2,1-3H3. The monoisotopic (exact) mass is 246 g/mol. The van der Waals surface area contributed by atoms with Crippen molar-refractivity contribution in [3.63, 3.8) is 0 Å². The fourth-order valence-electron chi connectivity index (χ4n) is 1.19. The van der Waals surface area contributed by atoms with Gasteiger partial charge in [-0.2, -0.15) is 0 Å². The highest BCUT2D eigenvalue weighted by atomic mass is 35.5. The largest absolute Gasteiger partial charge is 0.386 e. The molecule has 1 aromatic carbocycles. The molecule has 1 atom stereocenters. The van der Waals surface area contributed by atoms with Gasteiger partial charge in [0.05, 0.1) is 12.2 Å². The Morgan fingerprint density at radius 3 is 2.56 bits per heavy atom. The first-order valence-corrected chi connectivity index (χ1v) is 5.44. The van der Waals surface area contributed by atoms with Gasteiger partial charge in [-0.25, -0.2) is 4.39 Å².